The number of hydrogen-bond donors (Lipinski definition) is 0. The lowest BCUT2D eigenvalue weighted by Crippen LogP contribution is -2.30. The molecule has 1 atom stereocenters. The molecule has 1 aliphatic carbocycles. The predicted octanol–water partition coefficient (Wildman–Crippen LogP) is 2.55. The summed E-state index contributed by atoms with van der Waals surface area (Å²) >= 11 is 0. The average molecular weight is 307 g/mol. The monoisotopic (exact) mass is 307 g/mol. The number of carbonyl (C=O) groups is 2. The van der Waals surface area contributed by atoms with Crippen LogP contribution in [-0.2, 0) is 13.0 Å². The van der Waals surface area contributed by atoms with E-state index in [-0.39, 0.29) is 11.7 Å². The third-order valence-corrected chi connectivity index (χ3v) is 5.41. The van der Waals surface area contributed by atoms with Crippen molar-refractivity contribution < 1.29 is 9.59 Å². The van der Waals surface area contributed by atoms with Gasteiger partial charge in [-0.15, -0.1) is 0 Å². The van der Waals surface area contributed by atoms with Gasteiger partial charge in [0.15, 0.2) is 5.78 Å². The van der Waals surface area contributed by atoms with Gasteiger partial charge in [-0.2, -0.15) is 5.10 Å². The van der Waals surface area contributed by atoms with Crippen LogP contribution in [0.4, 0.5) is 5.69 Å². The highest BCUT2D eigenvalue weighted by atomic mass is 16.2. The first-order valence-electron chi connectivity index (χ1n) is 8.26. The largest absolute Gasteiger partial charge is 0.307 e. The lowest BCUT2D eigenvalue weighted by molar-refractivity contribution is 0.0968. The molecular formula is C18H17N3O2. The molecular weight excluding hydrogens is 290 g/mol. The molecule has 0 spiro atoms. The standard InChI is InChI=1S/C18H17N3O2/c22-16-7-6-11-10-20(15-4-1-3-12(16)17(11)15)18(23)13-9-19-21-8-2-5-14(13)21/h1,3-4,9,11H,2,5-8,10H2. The van der Waals surface area contributed by atoms with E-state index in [0.29, 0.717) is 18.9 Å². The van der Waals surface area contributed by atoms with Gasteiger partial charge in [-0.3, -0.25) is 14.3 Å². The summed E-state index contributed by atoms with van der Waals surface area (Å²) in [6, 6.07) is 5.76. The van der Waals surface area contributed by atoms with Crippen molar-refractivity contribution in [3.63, 3.8) is 0 Å². The maximum absolute atomic E-state index is 13.1. The molecule has 0 N–H and O–H groups in total. The number of fused-ring (bicyclic) bond motifs is 1. The summed E-state index contributed by atoms with van der Waals surface area (Å²) in [6.07, 6.45) is 5.12. The normalized spacial score (nSPS) is 21.5. The minimum atomic E-state index is 0.0309. The van der Waals surface area contributed by atoms with Crippen molar-refractivity contribution in [2.75, 3.05) is 11.4 Å². The number of anilines is 1. The Morgan fingerprint density at radius 2 is 2.17 bits per heavy atom. The van der Waals surface area contributed by atoms with Crippen LogP contribution in [0.15, 0.2) is 24.4 Å². The van der Waals surface area contributed by atoms with Crippen LogP contribution in [0.3, 0.4) is 0 Å². The minimum absolute atomic E-state index is 0.0309. The number of ketones is 1. The number of rotatable bonds is 1. The van der Waals surface area contributed by atoms with Crippen LogP contribution in [0.25, 0.3) is 0 Å². The molecule has 1 aromatic heterocycles. The topological polar surface area (TPSA) is 55.2 Å². The second-order valence-electron chi connectivity index (χ2n) is 6.64. The van der Waals surface area contributed by atoms with E-state index in [1.807, 2.05) is 27.8 Å². The zero-order valence-electron chi connectivity index (χ0n) is 12.8. The fourth-order valence-electron chi connectivity index (χ4n) is 4.33. The van der Waals surface area contributed by atoms with Crippen molar-refractivity contribution in [2.24, 2.45) is 0 Å². The molecule has 1 unspecified atom stereocenters. The van der Waals surface area contributed by atoms with E-state index >= 15 is 0 Å². The van der Waals surface area contributed by atoms with Crippen molar-refractivity contribution >= 4 is 17.4 Å². The summed E-state index contributed by atoms with van der Waals surface area (Å²) in [5, 5.41) is 4.34. The van der Waals surface area contributed by atoms with Gasteiger partial charge in [-0.05, 0) is 30.9 Å². The van der Waals surface area contributed by atoms with Crippen LogP contribution in [0.5, 0.6) is 0 Å². The summed E-state index contributed by atoms with van der Waals surface area (Å²) in [5.41, 5.74) is 4.60. The minimum Gasteiger partial charge on any atom is -0.307 e. The zero-order chi connectivity index (χ0) is 15.6. The Bertz CT molecular complexity index is 852. The predicted molar refractivity (Wildman–Crippen MR) is 85.0 cm³/mol. The molecule has 0 bridgehead atoms. The Kier molecular flexibility index (Phi) is 2.57. The number of aromatic nitrogens is 2. The quantitative estimate of drug-likeness (QED) is 0.813. The molecule has 3 heterocycles. The van der Waals surface area contributed by atoms with Crippen molar-refractivity contribution in [1.82, 2.24) is 9.78 Å². The highest BCUT2D eigenvalue weighted by molar-refractivity contribution is 6.10. The lowest BCUT2D eigenvalue weighted by atomic mass is 9.83. The fourth-order valence-corrected chi connectivity index (χ4v) is 4.33. The Labute approximate surface area is 133 Å². The van der Waals surface area contributed by atoms with E-state index in [4.69, 9.17) is 0 Å². The van der Waals surface area contributed by atoms with Crippen molar-refractivity contribution in [3.05, 3.63) is 46.8 Å². The molecule has 5 nitrogen and oxygen atoms in total. The van der Waals surface area contributed by atoms with Crippen molar-refractivity contribution in [2.45, 2.75) is 38.1 Å². The second kappa shape index (κ2) is 4.54. The number of aryl methyl sites for hydroxylation is 1. The van der Waals surface area contributed by atoms with Crippen LogP contribution in [0.2, 0.25) is 0 Å². The molecule has 1 aromatic carbocycles. The van der Waals surface area contributed by atoms with Crippen molar-refractivity contribution in [1.29, 1.82) is 0 Å². The Morgan fingerprint density at radius 3 is 3.09 bits per heavy atom. The third-order valence-electron chi connectivity index (χ3n) is 5.41. The van der Waals surface area contributed by atoms with Gasteiger partial charge in [0, 0.05) is 36.7 Å². The maximum Gasteiger partial charge on any atom is 0.261 e. The summed E-state index contributed by atoms with van der Waals surface area (Å²) in [5.74, 6) is 0.536. The molecule has 3 aliphatic rings. The summed E-state index contributed by atoms with van der Waals surface area (Å²) in [7, 11) is 0. The summed E-state index contributed by atoms with van der Waals surface area (Å²) < 4.78 is 1.94. The molecule has 5 heteroatoms. The Hall–Kier alpha value is -2.43. The van der Waals surface area contributed by atoms with Crippen molar-refractivity contribution in [3.8, 4) is 0 Å². The van der Waals surface area contributed by atoms with Gasteiger partial charge in [0.2, 0.25) is 0 Å². The molecule has 116 valence electrons. The van der Waals surface area contributed by atoms with E-state index in [1.54, 1.807) is 6.20 Å². The highest BCUT2D eigenvalue weighted by Crippen LogP contribution is 2.45. The molecule has 0 fully saturated rings. The number of hydrogen-bond acceptors (Lipinski definition) is 3. The number of benzene rings is 1. The molecule has 2 aromatic rings. The van der Waals surface area contributed by atoms with E-state index < -0.39 is 0 Å². The molecule has 0 saturated carbocycles. The fraction of sp³-hybridized carbons (Fsp3) is 0.389. The Balaban J connectivity index is 1.59. The zero-order valence-corrected chi connectivity index (χ0v) is 12.8. The van der Waals surface area contributed by atoms with Crippen LogP contribution in [-0.4, -0.2) is 28.0 Å². The lowest BCUT2D eigenvalue weighted by Gasteiger charge is -2.18. The smallest absolute Gasteiger partial charge is 0.261 e. The average Bonchev–Trinajstić information content (AvgIpc) is 3.25. The SMILES string of the molecule is O=C1CCC2CN(C(=O)c3cnn4c3CCC4)c3cccc1c32. The van der Waals surface area contributed by atoms with Gasteiger partial charge in [-0.1, -0.05) is 12.1 Å². The van der Waals surface area contributed by atoms with Gasteiger partial charge in [-0.25, -0.2) is 0 Å². The number of Topliss-reactive ketones (excluding diaryl/α,β-unsaturated/α-hetero) is 1. The molecule has 0 saturated heterocycles. The Morgan fingerprint density at radius 1 is 1.26 bits per heavy atom. The number of carbonyl (C=O) groups excluding carboxylic acids is 2. The molecule has 23 heavy (non-hydrogen) atoms. The van der Waals surface area contributed by atoms with Gasteiger partial charge in [0.05, 0.1) is 17.5 Å². The summed E-state index contributed by atoms with van der Waals surface area (Å²) in [6.45, 7) is 1.59. The first kappa shape index (κ1) is 13.0. The van der Waals surface area contributed by atoms with E-state index in [1.165, 1.54) is 0 Å². The first-order chi connectivity index (χ1) is 11.2. The van der Waals surface area contributed by atoms with Gasteiger partial charge in [0.1, 0.15) is 0 Å². The summed E-state index contributed by atoms with van der Waals surface area (Å²) in [4.78, 5) is 27.1. The van der Waals surface area contributed by atoms with Crippen LogP contribution >= 0.6 is 0 Å². The van der Waals surface area contributed by atoms with Gasteiger partial charge >= 0.3 is 0 Å². The molecule has 2 aliphatic heterocycles. The molecule has 5 rings (SSSR count). The second-order valence-corrected chi connectivity index (χ2v) is 6.64. The van der Waals surface area contributed by atoms with Gasteiger partial charge < -0.3 is 4.90 Å². The van der Waals surface area contributed by atoms with Crippen LogP contribution in [0, 0.1) is 0 Å². The first-order valence-corrected chi connectivity index (χ1v) is 8.26. The van der Waals surface area contributed by atoms with E-state index in [9.17, 15) is 9.59 Å². The maximum atomic E-state index is 13.1. The van der Waals surface area contributed by atoms with Crippen LogP contribution < -0.4 is 4.90 Å². The number of nitrogens with zero attached hydrogens (tertiary/aromatic N) is 3. The molecule has 1 amide bonds. The van der Waals surface area contributed by atoms with E-state index in [0.717, 1.165) is 53.9 Å². The molecule has 0 radical (unpaired) electrons. The highest BCUT2D eigenvalue weighted by Gasteiger charge is 2.39. The third kappa shape index (κ3) is 1.70. The van der Waals surface area contributed by atoms with Crippen LogP contribution in [0.1, 0.15) is 57.2 Å². The number of amides is 1. The van der Waals surface area contributed by atoms with E-state index in [2.05, 4.69) is 5.10 Å². The van der Waals surface area contributed by atoms with Gasteiger partial charge in [0.25, 0.3) is 5.91 Å².